The van der Waals surface area contributed by atoms with Crippen LogP contribution < -0.4 is 10.6 Å². The Hall–Kier alpha value is -2.70. The molecule has 0 radical (unpaired) electrons. The lowest BCUT2D eigenvalue weighted by Gasteiger charge is -2.28. The smallest absolute Gasteiger partial charge is 0.462 e. The second-order valence-corrected chi connectivity index (χ2v) is 8.52. The number of methoxy groups -OCH3 is 1. The Morgan fingerprint density at radius 2 is 1.94 bits per heavy atom. The Morgan fingerprint density at radius 3 is 2.55 bits per heavy atom. The van der Waals surface area contributed by atoms with E-state index in [2.05, 4.69) is 20.1 Å². The van der Waals surface area contributed by atoms with Crippen LogP contribution in [-0.2, 0) is 33.4 Å². The molecule has 0 aromatic carbocycles. The van der Waals surface area contributed by atoms with Gasteiger partial charge in [0.05, 0.1) is 13.2 Å². The number of hydrogen-bond donors (Lipinski definition) is 2. The number of carbonyl (C=O) groups is 5. The lowest BCUT2D eigenvalue weighted by atomic mass is 9.92. The molecular formula is C20H26F3N3O7. The highest BCUT2D eigenvalue weighted by Gasteiger charge is 2.51. The average molecular weight is 477 g/mol. The van der Waals surface area contributed by atoms with Gasteiger partial charge < -0.3 is 20.3 Å². The van der Waals surface area contributed by atoms with Crippen LogP contribution >= 0.6 is 0 Å². The summed E-state index contributed by atoms with van der Waals surface area (Å²) in [7, 11) is 1.04. The van der Waals surface area contributed by atoms with Gasteiger partial charge in [0, 0.05) is 19.0 Å². The van der Waals surface area contributed by atoms with Crippen molar-refractivity contribution in [2.45, 2.75) is 50.6 Å². The summed E-state index contributed by atoms with van der Waals surface area (Å²) in [5, 5.41) is 5.01. The Bertz CT molecular complexity index is 819. The van der Waals surface area contributed by atoms with E-state index in [0.29, 0.717) is 19.4 Å². The van der Waals surface area contributed by atoms with Gasteiger partial charge >= 0.3 is 18.2 Å². The number of carbonyl (C=O) groups excluding carboxylic acids is 5. The molecule has 2 heterocycles. The van der Waals surface area contributed by atoms with Crippen molar-refractivity contribution in [2.24, 2.45) is 17.8 Å². The van der Waals surface area contributed by atoms with Gasteiger partial charge in [0.2, 0.25) is 11.8 Å². The number of ketones is 1. The Kier molecular flexibility index (Phi) is 7.60. The molecule has 0 aromatic heterocycles. The van der Waals surface area contributed by atoms with Crippen LogP contribution in [0, 0.1) is 17.8 Å². The highest BCUT2D eigenvalue weighted by atomic mass is 19.4. The fraction of sp³-hybridized carbons (Fsp3) is 0.750. The third-order valence-corrected chi connectivity index (χ3v) is 6.55. The number of fused-ring (bicyclic) bond motifs is 1. The topological polar surface area (TPSA) is 131 Å². The maximum Gasteiger partial charge on any atom is 0.522 e. The molecule has 1 saturated carbocycles. The van der Waals surface area contributed by atoms with E-state index in [9.17, 15) is 37.1 Å². The third kappa shape index (κ3) is 5.81. The van der Waals surface area contributed by atoms with Crippen molar-refractivity contribution in [2.75, 3.05) is 26.8 Å². The first-order chi connectivity index (χ1) is 15.5. The number of hydrogen-bond acceptors (Lipinski definition) is 7. The van der Waals surface area contributed by atoms with E-state index in [1.165, 1.54) is 0 Å². The van der Waals surface area contributed by atoms with Gasteiger partial charge in [-0.15, -0.1) is 13.2 Å². The third-order valence-electron chi connectivity index (χ3n) is 6.55. The molecule has 3 rings (SSSR count). The molecule has 0 bridgehead atoms. The molecule has 3 amide bonds. The van der Waals surface area contributed by atoms with Crippen LogP contribution in [0.2, 0.25) is 0 Å². The zero-order valence-electron chi connectivity index (χ0n) is 18.0. The number of rotatable bonds is 7. The van der Waals surface area contributed by atoms with E-state index < -0.39 is 54.5 Å². The SMILES string of the molecule is COC(=O)C(=O)N1C[C@@H]2CCC[C@@H]2[C@H]1C(=O)N[C@@H](C[C@@H]1CCNC1=O)C(=O)COC(F)(F)F. The quantitative estimate of drug-likeness (QED) is 0.387. The minimum atomic E-state index is -5.04. The largest absolute Gasteiger partial charge is 0.522 e. The number of ether oxygens (including phenoxy) is 2. The predicted molar refractivity (Wildman–Crippen MR) is 103 cm³/mol. The average Bonchev–Trinajstić information content (AvgIpc) is 3.45. The van der Waals surface area contributed by atoms with Crippen molar-refractivity contribution in [3.63, 3.8) is 0 Å². The molecule has 33 heavy (non-hydrogen) atoms. The van der Waals surface area contributed by atoms with E-state index in [4.69, 9.17) is 0 Å². The number of esters is 1. The van der Waals surface area contributed by atoms with Gasteiger partial charge in [-0.05, 0) is 37.5 Å². The summed E-state index contributed by atoms with van der Waals surface area (Å²) in [6.45, 7) is -0.812. The van der Waals surface area contributed by atoms with Crippen LogP contribution in [0.5, 0.6) is 0 Å². The first-order valence-electron chi connectivity index (χ1n) is 10.7. The number of halogens is 3. The summed E-state index contributed by atoms with van der Waals surface area (Å²) in [6, 6.07) is -2.50. The monoisotopic (exact) mass is 477 g/mol. The Morgan fingerprint density at radius 1 is 1.21 bits per heavy atom. The first-order valence-corrected chi connectivity index (χ1v) is 10.7. The first kappa shape index (κ1) is 24.9. The molecule has 2 N–H and O–H groups in total. The standard InChI is InChI=1S/C20H26F3N3O7/c1-32-19(31)18(30)26-8-11-3-2-4-12(11)15(26)17(29)25-13(7-10-5-6-24-16(10)28)14(27)9-33-20(21,22)23/h10-13,15H,2-9H2,1H3,(H,24,28)(H,25,29)/t10-,11-,12-,13-,15-/m0/s1. The second kappa shape index (κ2) is 10.1. The van der Waals surface area contributed by atoms with Crippen molar-refractivity contribution in [1.82, 2.24) is 15.5 Å². The number of likely N-dealkylation sites (tertiary alicyclic amines) is 1. The Labute approximate surface area is 187 Å². The van der Waals surface area contributed by atoms with Gasteiger partial charge in [-0.2, -0.15) is 0 Å². The lowest BCUT2D eigenvalue weighted by Crippen LogP contribution is -2.55. The molecule has 0 spiro atoms. The summed E-state index contributed by atoms with van der Waals surface area (Å²) >= 11 is 0. The van der Waals surface area contributed by atoms with Gasteiger partial charge in [0.25, 0.3) is 0 Å². The van der Waals surface area contributed by atoms with Crippen molar-refractivity contribution in [3.8, 4) is 0 Å². The number of nitrogens with zero attached hydrogens (tertiary/aromatic N) is 1. The van der Waals surface area contributed by atoms with E-state index >= 15 is 0 Å². The molecular weight excluding hydrogens is 451 g/mol. The van der Waals surface area contributed by atoms with Gasteiger partial charge in [-0.3, -0.25) is 23.9 Å². The molecule has 0 aromatic rings. The number of nitrogens with one attached hydrogen (secondary N) is 2. The molecule has 5 atom stereocenters. The van der Waals surface area contributed by atoms with Crippen molar-refractivity contribution >= 4 is 29.5 Å². The molecule has 0 unspecified atom stereocenters. The normalized spacial score (nSPS) is 27.6. The highest BCUT2D eigenvalue weighted by Crippen LogP contribution is 2.42. The molecule has 3 aliphatic rings. The minimum Gasteiger partial charge on any atom is -0.462 e. The second-order valence-electron chi connectivity index (χ2n) is 8.52. The molecule has 184 valence electrons. The van der Waals surface area contributed by atoms with Gasteiger partial charge in [-0.25, -0.2) is 4.79 Å². The summed E-state index contributed by atoms with van der Waals surface area (Å²) in [4.78, 5) is 63.0. The fourth-order valence-electron chi connectivity index (χ4n) is 4.99. The minimum absolute atomic E-state index is 0.0160. The molecule has 1 aliphatic carbocycles. The molecule has 13 heteroatoms. The van der Waals surface area contributed by atoms with Crippen LogP contribution in [-0.4, -0.2) is 79.6 Å². The zero-order chi connectivity index (χ0) is 24.3. The van der Waals surface area contributed by atoms with Gasteiger partial charge in [-0.1, -0.05) is 6.42 Å². The highest BCUT2D eigenvalue weighted by molar-refractivity contribution is 6.32. The molecule has 2 aliphatic heterocycles. The van der Waals surface area contributed by atoms with Crippen molar-refractivity contribution in [1.29, 1.82) is 0 Å². The number of amides is 3. The van der Waals surface area contributed by atoms with E-state index in [1.54, 1.807) is 0 Å². The molecule has 10 nitrogen and oxygen atoms in total. The Balaban J connectivity index is 1.78. The van der Waals surface area contributed by atoms with Crippen LogP contribution in [0.1, 0.15) is 32.1 Å². The number of alkyl halides is 3. The molecule has 2 saturated heterocycles. The van der Waals surface area contributed by atoms with Gasteiger partial charge in [0.1, 0.15) is 12.6 Å². The summed E-state index contributed by atoms with van der Waals surface area (Å²) < 4.78 is 45.4. The van der Waals surface area contributed by atoms with E-state index in [-0.39, 0.29) is 30.7 Å². The van der Waals surface area contributed by atoms with Crippen LogP contribution in [0.15, 0.2) is 0 Å². The van der Waals surface area contributed by atoms with E-state index in [1.807, 2.05) is 0 Å². The van der Waals surface area contributed by atoms with Crippen molar-refractivity contribution < 1.29 is 46.6 Å². The van der Waals surface area contributed by atoms with E-state index in [0.717, 1.165) is 24.9 Å². The summed E-state index contributed by atoms with van der Waals surface area (Å²) in [6.07, 6.45) is -2.69. The number of Topliss-reactive ketones (excluding diaryl/α,β-unsaturated/α-hetero) is 1. The predicted octanol–water partition coefficient (Wildman–Crippen LogP) is -0.0970. The van der Waals surface area contributed by atoms with Crippen LogP contribution in [0.4, 0.5) is 13.2 Å². The fourth-order valence-corrected chi connectivity index (χ4v) is 4.99. The lowest BCUT2D eigenvalue weighted by molar-refractivity contribution is -0.321. The van der Waals surface area contributed by atoms with Crippen LogP contribution in [0.25, 0.3) is 0 Å². The van der Waals surface area contributed by atoms with Crippen molar-refractivity contribution in [3.05, 3.63) is 0 Å². The molecule has 3 fully saturated rings. The summed E-state index contributed by atoms with van der Waals surface area (Å²) in [5.74, 6) is -5.24. The van der Waals surface area contributed by atoms with Gasteiger partial charge in [0.15, 0.2) is 5.78 Å². The van der Waals surface area contributed by atoms with Crippen LogP contribution in [0.3, 0.4) is 0 Å². The summed E-state index contributed by atoms with van der Waals surface area (Å²) in [5.41, 5.74) is 0. The maximum atomic E-state index is 13.2. The zero-order valence-corrected chi connectivity index (χ0v) is 18.0. The maximum absolute atomic E-state index is 13.2.